The van der Waals surface area contributed by atoms with Crippen molar-refractivity contribution in [2.75, 3.05) is 7.11 Å². The predicted octanol–water partition coefficient (Wildman–Crippen LogP) is 4.10. The molecule has 0 heterocycles. The molecular formula is C14H26O2. The van der Waals surface area contributed by atoms with Gasteiger partial charge < -0.3 is 4.74 Å². The molecule has 0 aromatic heterocycles. The van der Waals surface area contributed by atoms with Crippen LogP contribution in [-0.2, 0) is 9.53 Å². The maximum Gasteiger partial charge on any atom is 0.308 e. The number of carbonyl (C=O) groups is 1. The van der Waals surface area contributed by atoms with E-state index >= 15 is 0 Å². The summed E-state index contributed by atoms with van der Waals surface area (Å²) in [6, 6.07) is 0. The Kier molecular flexibility index (Phi) is 10.2. The van der Waals surface area contributed by atoms with E-state index in [1.165, 1.54) is 20.0 Å². The minimum atomic E-state index is -0.0304. The van der Waals surface area contributed by atoms with Crippen LogP contribution in [0.15, 0.2) is 12.7 Å². The van der Waals surface area contributed by atoms with Gasteiger partial charge in [-0.1, -0.05) is 38.7 Å². The van der Waals surface area contributed by atoms with E-state index in [0.717, 1.165) is 38.5 Å². The van der Waals surface area contributed by atoms with Crippen molar-refractivity contribution in [3.05, 3.63) is 12.7 Å². The van der Waals surface area contributed by atoms with Crippen molar-refractivity contribution >= 4 is 5.97 Å². The predicted molar refractivity (Wildman–Crippen MR) is 68.3 cm³/mol. The van der Waals surface area contributed by atoms with Gasteiger partial charge in [0.05, 0.1) is 13.0 Å². The Morgan fingerprint density at radius 2 is 1.94 bits per heavy atom. The van der Waals surface area contributed by atoms with Crippen LogP contribution in [0.2, 0.25) is 0 Å². The van der Waals surface area contributed by atoms with E-state index < -0.39 is 0 Å². The lowest BCUT2D eigenvalue weighted by molar-refractivity contribution is -0.146. The van der Waals surface area contributed by atoms with Gasteiger partial charge >= 0.3 is 5.97 Å². The second-order valence-corrected chi connectivity index (χ2v) is 4.29. The van der Waals surface area contributed by atoms with Crippen molar-refractivity contribution in [3.63, 3.8) is 0 Å². The summed E-state index contributed by atoms with van der Waals surface area (Å²) in [7, 11) is 1.49. The number of esters is 1. The smallest absolute Gasteiger partial charge is 0.308 e. The first-order valence-electron chi connectivity index (χ1n) is 6.45. The molecule has 16 heavy (non-hydrogen) atoms. The number of hydrogen-bond donors (Lipinski definition) is 0. The van der Waals surface area contributed by atoms with Crippen LogP contribution < -0.4 is 0 Å². The standard InChI is InChI=1S/C14H26O2/c1-4-6-8-9-10-12-13(11-7-5-2)14(15)16-3/h4,13H,1,5-12H2,2-3H3. The molecule has 94 valence electrons. The molecule has 0 saturated heterocycles. The molecule has 0 amide bonds. The van der Waals surface area contributed by atoms with E-state index in [9.17, 15) is 4.79 Å². The minimum Gasteiger partial charge on any atom is -0.469 e. The lowest BCUT2D eigenvalue weighted by Gasteiger charge is -2.13. The van der Waals surface area contributed by atoms with Crippen molar-refractivity contribution in [1.29, 1.82) is 0 Å². The van der Waals surface area contributed by atoms with Crippen molar-refractivity contribution < 1.29 is 9.53 Å². The number of rotatable bonds is 10. The van der Waals surface area contributed by atoms with Crippen molar-refractivity contribution in [2.45, 2.75) is 58.3 Å². The van der Waals surface area contributed by atoms with Gasteiger partial charge in [0.15, 0.2) is 0 Å². The van der Waals surface area contributed by atoms with Crippen LogP contribution in [0.25, 0.3) is 0 Å². The Balaban J connectivity index is 3.73. The lowest BCUT2D eigenvalue weighted by Crippen LogP contribution is -2.16. The van der Waals surface area contributed by atoms with Gasteiger partial charge in [-0.15, -0.1) is 6.58 Å². The summed E-state index contributed by atoms with van der Waals surface area (Å²) >= 11 is 0. The average molecular weight is 226 g/mol. The number of allylic oxidation sites excluding steroid dienone is 1. The Morgan fingerprint density at radius 1 is 1.25 bits per heavy atom. The van der Waals surface area contributed by atoms with Crippen LogP contribution >= 0.6 is 0 Å². The Labute approximate surface area is 100 Å². The zero-order valence-electron chi connectivity index (χ0n) is 10.8. The van der Waals surface area contributed by atoms with E-state index in [1.807, 2.05) is 6.08 Å². The molecule has 0 aliphatic rings. The molecule has 0 fully saturated rings. The molecule has 0 N–H and O–H groups in total. The molecule has 0 rings (SSSR count). The SMILES string of the molecule is C=CCCCCCC(CCCC)C(=O)OC. The minimum absolute atomic E-state index is 0.0304. The second kappa shape index (κ2) is 10.7. The maximum absolute atomic E-state index is 11.5. The Bertz CT molecular complexity index is 187. The van der Waals surface area contributed by atoms with Crippen LogP contribution in [0.4, 0.5) is 0 Å². The molecule has 1 unspecified atom stereocenters. The highest BCUT2D eigenvalue weighted by Crippen LogP contribution is 2.18. The molecule has 0 saturated carbocycles. The average Bonchev–Trinajstić information content (AvgIpc) is 2.31. The summed E-state index contributed by atoms with van der Waals surface area (Å²) < 4.78 is 4.83. The first kappa shape index (κ1) is 15.2. The fraction of sp³-hybridized carbons (Fsp3) is 0.786. The van der Waals surface area contributed by atoms with Gasteiger partial charge in [-0.2, -0.15) is 0 Å². The van der Waals surface area contributed by atoms with E-state index in [2.05, 4.69) is 13.5 Å². The number of carbonyl (C=O) groups excluding carboxylic acids is 1. The third-order valence-electron chi connectivity index (χ3n) is 2.90. The lowest BCUT2D eigenvalue weighted by atomic mass is 9.95. The van der Waals surface area contributed by atoms with Crippen LogP contribution in [-0.4, -0.2) is 13.1 Å². The third-order valence-corrected chi connectivity index (χ3v) is 2.90. The zero-order valence-corrected chi connectivity index (χ0v) is 10.8. The second-order valence-electron chi connectivity index (χ2n) is 4.29. The highest BCUT2D eigenvalue weighted by Gasteiger charge is 2.17. The summed E-state index contributed by atoms with van der Waals surface area (Å²) in [5, 5.41) is 0. The summed E-state index contributed by atoms with van der Waals surface area (Å²) in [4.78, 5) is 11.5. The topological polar surface area (TPSA) is 26.3 Å². The molecule has 0 spiro atoms. The molecule has 0 aliphatic heterocycles. The highest BCUT2D eigenvalue weighted by molar-refractivity contribution is 5.72. The summed E-state index contributed by atoms with van der Waals surface area (Å²) in [5.41, 5.74) is 0. The van der Waals surface area contributed by atoms with Crippen LogP contribution in [0.5, 0.6) is 0 Å². The largest absolute Gasteiger partial charge is 0.469 e. The van der Waals surface area contributed by atoms with Crippen LogP contribution in [0.3, 0.4) is 0 Å². The van der Waals surface area contributed by atoms with Crippen molar-refractivity contribution in [1.82, 2.24) is 0 Å². The molecule has 0 aromatic carbocycles. The van der Waals surface area contributed by atoms with Gasteiger partial charge in [-0.25, -0.2) is 0 Å². The Morgan fingerprint density at radius 3 is 2.50 bits per heavy atom. The van der Waals surface area contributed by atoms with Crippen molar-refractivity contribution in [2.24, 2.45) is 5.92 Å². The number of ether oxygens (including phenoxy) is 1. The third kappa shape index (κ3) is 7.49. The molecular weight excluding hydrogens is 200 g/mol. The monoisotopic (exact) mass is 226 g/mol. The maximum atomic E-state index is 11.5. The molecule has 2 heteroatoms. The summed E-state index contributed by atoms with van der Waals surface area (Å²) in [6.45, 7) is 5.85. The normalized spacial score (nSPS) is 12.1. The van der Waals surface area contributed by atoms with Gasteiger partial charge in [-0.05, 0) is 25.7 Å². The molecule has 1 atom stereocenters. The zero-order chi connectivity index (χ0) is 12.2. The summed E-state index contributed by atoms with van der Waals surface area (Å²) in [5.74, 6) is 0.0888. The first-order chi connectivity index (χ1) is 7.76. The molecule has 0 aliphatic carbocycles. The highest BCUT2D eigenvalue weighted by atomic mass is 16.5. The van der Waals surface area contributed by atoms with Crippen LogP contribution in [0.1, 0.15) is 58.3 Å². The fourth-order valence-corrected chi connectivity index (χ4v) is 1.85. The molecule has 0 bridgehead atoms. The number of hydrogen-bond acceptors (Lipinski definition) is 2. The fourth-order valence-electron chi connectivity index (χ4n) is 1.85. The van der Waals surface area contributed by atoms with Gasteiger partial charge in [0.2, 0.25) is 0 Å². The number of methoxy groups -OCH3 is 1. The van der Waals surface area contributed by atoms with Gasteiger partial charge in [0.1, 0.15) is 0 Å². The van der Waals surface area contributed by atoms with Gasteiger partial charge in [0, 0.05) is 0 Å². The molecule has 2 nitrogen and oxygen atoms in total. The summed E-state index contributed by atoms with van der Waals surface area (Å²) in [6.07, 6.45) is 10.7. The molecule has 0 aromatic rings. The van der Waals surface area contributed by atoms with E-state index in [4.69, 9.17) is 4.74 Å². The van der Waals surface area contributed by atoms with Crippen molar-refractivity contribution in [3.8, 4) is 0 Å². The first-order valence-corrected chi connectivity index (χ1v) is 6.45. The van der Waals surface area contributed by atoms with E-state index in [0.29, 0.717) is 0 Å². The van der Waals surface area contributed by atoms with E-state index in [-0.39, 0.29) is 11.9 Å². The van der Waals surface area contributed by atoms with Crippen LogP contribution in [0, 0.1) is 5.92 Å². The van der Waals surface area contributed by atoms with E-state index in [1.54, 1.807) is 0 Å². The van der Waals surface area contributed by atoms with Gasteiger partial charge in [0.25, 0.3) is 0 Å². The number of unbranched alkanes of at least 4 members (excludes halogenated alkanes) is 4. The molecule has 0 radical (unpaired) electrons. The Hall–Kier alpha value is -0.790. The quantitative estimate of drug-likeness (QED) is 0.318. The van der Waals surface area contributed by atoms with Gasteiger partial charge in [-0.3, -0.25) is 4.79 Å².